The molecule has 1 unspecified atom stereocenters. The van der Waals surface area contributed by atoms with E-state index in [0.29, 0.717) is 26.4 Å². The summed E-state index contributed by atoms with van der Waals surface area (Å²) in [4.78, 5) is 0. The molecular formula is C10H18O4. The third kappa shape index (κ3) is 1.56. The van der Waals surface area contributed by atoms with Gasteiger partial charge < -0.3 is 18.9 Å². The number of fused-ring (bicyclic) bond motifs is 3. The summed E-state index contributed by atoms with van der Waals surface area (Å²) in [6.45, 7) is 8.65. The monoisotopic (exact) mass is 202 g/mol. The quantitative estimate of drug-likeness (QED) is 0.688. The zero-order chi connectivity index (χ0) is 10.2. The Balaban J connectivity index is 2.04. The molecule has 3 fully saturated rings. The second-order valence-electron chi connectivity index (χ2n) is 4.38. The molecule has 3 saturated heterocycles. The second kappa shape index (κ2) is 3.45. The first kappa shape index (κ1) is 10.4. The van der Waals surface area contributed by atoms with Crippen molar-refractivity contribution in [2.45, 2.75) is 32.8 Å². The maximum Gasteiger partial charge on any atom is 0.310 e. The molecule has 0 aliphatic carbocycles. The number of hydrogen-bond acceptors (Lipinski definition) is 4. The highest BCUT2D eigenvalue weighted by Crippen LogP contribution is 2.40. The van der Waals surface area contributed by atoms with Crippen molar-refractivity contribution in [3.05, 3.63) is 0 Å². The van der Waals surface area contributed by atoms with Crippen LogP contribution in [0.3, 0.4) is 0 Å². The molecule has 0 aromatic carbocycles. The average Bonchev–Trinajstić information content (AvgIpc) is 2.20. The summed E-state index contributed by atoms with van der Waals surface area (Å²) in [5, 5.41) is 0. The Morgan fingerprint density at radius 3 is 2.14 bits per heavy atom. The lowest BCUT2D eigenvalue weighted by atomic mass is 9.91. The first-order valence-electron chi connectivity index (χ1n) is 5.14. The third-order valence-electron chi connectivity index (χ3n) is 2.78. The van der Waals surface area contributed by atoms with Crippen LogP contribution in [-0.4, -0.2) is 38.5 Å². The van der Waals surface area contributed by atoms with Gasteiger partial charge in [0.15, 0.2) is 0 Å². The molecule has 2 bridgehead atoms. The van der Waals surface area contributed by atoms with E-state index in [-0.39, 0.29) is 11.5 Å². The molecule has 3 heterocycles. The van der Waals surface area contributed by atoms with Crippen LogP contribution in [0.2, 0.25) is 0 Å². The minimum absolute atomic E-state index is 0.0215. The molecule has 0 spiro atoms. The van der Waals surface area contributed by atoms with Gasteiger partial charge in [-0.25, -0.2) is 0 Å². The predicted octanol–water partition coefficient (Wildman–Crippen LogP) is 1.15. The number of hydrogen-bond donors (Lipinski definition) is 0. The van der Waals surface area contributed by atoms with E-state index >= 15 is 0 Å². The molecule has 0 radical (unpaired) electrons. The second-order valence-corrected chi connectivity index (χ2v) is 4.38. The van der Waals surface area contributed by atoms with Crippen molar-refractivity contribution in [1.82, 2.24) is 0 Å². The van der Waals surface area contributed by atoms with Gasteiger partial charge in [0.1, 0.15) is 6.10 Å². The van der Waals surface area contributed by atoms with Crippen molar-refractivity contribution < 1.29 is 18.9 Å². The minimum Gasteiger partial charge on any atom is -0.370 e. The highest BCUT2D eigenvalue weighted by atomic mass is 16.9. The summed E-state index contributed by atoms with van der Waals surface area (Å²) in [5.74, 6) is -0.951. The van der Waals surface area contributed by atoms with Gasteiger partial charge in [-0.2, -0.15) is 0 Å². The Morgan fingerprint density at radius 1 is 1.21 bits per heavy atom. The SMILES string of the molecule is CCOC(C)C12OCC(C)(CO1)CO2. The lowest BCUT2D eigenvalue weighted by Crippen LogP contribution is -2.63. The fourth-order valence-electron chi connectivity index (χ4n) is 1.78. The Morgan fingerprint density at radius 2 is 1.71 bits per heavy atom. The molecule has 0 saturated carbocycles. The van der Waals surface area contributed by atoms with Crippen LogP contribution in [0.25, 0.3) is 0 Å². The highest BCUT2D eigenvalue weighted by Gasteiger charge is 2.54. The summed E-state index contributed by atoms with van der Waals surface area (Å²) in [6.07, 6.45) is -0.183. The molecule has 4 heteroatoms. The van der Waals surface area contributed by atoms with E-state index < -0.39 is 5.97 Å². The first-order chi connectivity index (χ1) is 6.60. The van der Waals surface area contributed by atoms with Gasteiger partial charge in [-0.3, -0.25) is 0 Å². The number of ether oxygens (including phenoxy) is 4. The summed E-state index contributed by atoms with van der Waals surface area (Å²) in [7, 11) is 0. The number of rotatable bonds is 3. The molecule has 3 aliphatic rings. The van der Waals surface area contributed by atoms with E-state index in [1.165, 1.54) is 0 Å². The van der Waals surface area contributed by atoms with Crippen molar-refractivity contribution in [2.24, 2.45) is 5.41 Å². The van der Waals surface area contributed by atoms with E-state index in [2.05, 4.69) is 6.92 Å². The lowest BCUT2D eigenvalue weighted by molar-refractivity contribution is -0.489. The maximum atomic E-state index is 5.61. The normalized spacial score (nSPS) is 43.9. The van der Waals surface area contributed by atoms with Gasteiger partial charge in [-0.15, -0.1) is 0 Å². The van der Waals surface area contributed by atoms with Crippen LogP contribution >= 0.6 is 0 Å². The Bertz CT molecular complexity index is 192. The van der Waals surface area contributed by atoms with Crippen LogP contribution in [0.1, 0.15) is 20.8 Å². The third-order valence-corrected chi connectivity index (χ3v) is 2.78. The molecule has 1 atom stereocenters. The summed E-state index contributed by atoms with van der Waals surface area (Å²) in [5.41, 5.74) is 0.0215. The van der Waals surface area contributed by atoms with E-state index in [1.807, 2.05) is 13.8 Å². The largest absolute Gasteiger partial charge is 0.370 e. The summed E-state index contributed by atoms with van der Waals surface area (Å²) >= 11 is 0. The van der Waals surface area contributed by atoms with E-state index in [1.54, 1.807) is 0 Å². The van der Waals surface area contributed by atoms with Crippen LogP contribution in [0, 0.1) is 5.41 Å². The fraction of sp³-hybridized carbons (Fsp3) is 1.00. The summed E-state index contributed by atoms with van der Waals surface area (Å²) in [6, 6.07) is 0. The molecule has 4 nitrogen and oxygen atoms in total. The van der Waals surface area contributed by atoms with Gasteiger partial charge in [0.05, 0.1) is 19.8 Å². The van der Waals surface area contributed by atoms with Crippen LogP contribution in [-0.2, 0) is 18.9 Å². The molecule has 3 rings (SSSR count). The van der Waals surface area contributed by atoms with Crippen LogP contribution in [0.5, 0.6) is 0 Å². The molecule has 0 N–H and O–H groups in total. The van der Waals surface area contributed by atoms with Gasteiger partial charge in [0, 0.05) is 12.0 Å². The zero-order valence-corrected chi connectivity index (χ0v) is 9.04. The Kier molecular flexibility index (Phi) is 2.55. The van der Waals surface area contributed by atoms with Crippen molar-refractivity contribution in [2.75, 3.05) is 26.4 Å². The van der Waals surface area contributed by atoms with E-state index in [9.17, 15) is 0 Å². The molecule has 14 heavy (non-hydrogen) atoms. The zero-order valence-electron chi connectivity index (χ0n) is 9.04. The molecule has 82 valence electrons. The van der Waals surface area contributed by atoms with Crippen LogP contribution < -0.4 is 0 Å². The van der Waals surface area contributed by atoms with Crippen LogP contribution in [0.4, 0.5) is 0 Å². The molecular weight excluding hydrogens is 184 g/mol. The van der Waals surface area contributed by atoms with E-state index in [4.69, 9.17) is 18.9 Å². The van der Waals surface area contributed by atoms with Gasteiger partial charge in [0.25, 0.3) is 0 Å². The van der Waals surface area contributed by atoms with Crippen LogP contribution in [0.15, 0.2) is 0 Å². The first-order valence-corrected chi connectivity index (χ1v) is 5.14. The standard InChI is InChI=1S/C10H18O4/c1-4-11-8(2)10-12-5-9(3,6-13-10)7-14-10/h8H,4-7H2,1-3H3. The lowest BCUT2D eigenvalue weighted by Gasteiger charge is -2.52. The highest BCUT2D eigenvalue weighted by molar-refractivity contribution is 4.87. The predicted molar refractivity (Wildman–Crippen MR) is 49.8 cm³/mol. The molecule has 3 aliphatic heterocycles. The molecule has 0 amide bonds. The van der Waals surface area contributed by atoms with Crippen molar-refractivity contribution in [3.63, 3.8) is 0 Å². The smallest absolute Gasteiger partial charge is 0.310 e. The Hall–Kier alpha value is -0.160. The van der Waals surface area contributed by atoms with E-state index in [0.717, 1.165) is 0 Å². The van der Waals surface area contributed by atoms with Gasteiger partial charge >= 0.3 is 5.97 Å². The maximum absolute atomic E-state index is 5.61. The fourth-order valence-corrected chi connectivity index (χ4v) is 1.78. The molecule has 0 aromatic rings. The van der Waals surface area contributed by atoms with Crippen molar-refractivity contribution >= 4 is 0 Å². The van der Waals surface area contributed by atoms with Gasteiger partial charge in [-0.05, 0) is 13.8 Å². The average molecular weight is 202 g/mol. The summed E-state index contributed by atoms with van der Waals surface area (Å²) < 4.78 is 22.3. The molecule has 0 aromatic heterocycles. The van der Waals surface area contributed by atoms with Gasteiger partial charge in [-0.1, -0.05) is 6.92 Å². The topological polar surface area (TPSA) is 36.9 Å². The van der Waals surface area contributed by atoms with Crippen molar-refractivity contribution in [3.8, 4) is 0 Å². The van der Waals surface area contributed by atoms with Crippen molar-refractivity contribution in [1.29, 1.82) is 0 Å². The Labute approximate surface area is 84.5 Å². The minimum atomic E-state index is -0.951. The van der Waals surface area contributed by atoms with Gasteiger partial charge in [0.2, 0.25) is 0 Å².